The summed E-state index contributed by atoms with van der Waals surface area (Å²) in [6.07, 6.45) is 5.81. The predicted octanol–water partition coefficient (Wildman–Crippen LogP) is 3.32. The molecule has 0 amide bonds. The van der Waals surface area contributed by atoms with E-state index in [0.717, 1.165) is 32.1 Å². The Morgan fingerprint density at radius 1 is 1.00 bits per heavy atom. The summed E-state index contributed by atoms with van der Waals surface area (Å²) in [5.41, 5.74) is -0.647. The number of carbonyl (C=O) groups is 1. The van der Waals surface area contributed by atoms with Gasteiger partial charge in [0.1, 0.15) is 5.78 Å². The van der Waals surface area contributed by atoms with Crippen LogP contribution in [0.15, 0.2) is 0 Å². The van der Waals surface area contributed by atoms with Gasteiger partial charge in [0.25, 0.3) is 0 Å². The molecule has 7 atom stereocenters. The fourth-order valence-electron chi connectivity index (χ4n) is 7.87. The lowest BCUT2D eigenvalue weighted by atomic mass is 9.39. The molecule has 0 radical (unpaired) electrons. The summed E-state index contributed by atoms with van der Waals surface area (Å²) in [4.78, 5) is 12.6. The van der Waals surface area contributed by atoms with Gasteiger partial charge in [-0.1, -0.05) is 20.8 Å². The van der Waals surface area contributed by atoms with Crippen LogP contribution in [0.3, 0.4) is 0 Å². The van der Waals surface area contributed by atoms with E-state index in [1.165, 1.54) is 0 Å². The highest BCUT2D eigenvalue weighted by Crippen LogP contribution is 2.74. The molecule has 3 nitrogen and oxygen atoms in total. The van der Waals surface area contributed by atoms with Crippen LogP contribution in [0.4, 0.5) is 0 Å². The molecule has 4 aliphatic rings. The molecule has 4 rings (SSSR count). The van der Waals surface area contributed by atoms with Gasteiger partial charge in [-0.25, -0.2) is 0 Å². The van der Waals surface area contributed by atoms with E-state index in [-0.39, 0.29) is 28.1 Å². The molecule has 4 saturated carbocycles. The SMILES string of the molecule is CC1(C)CC(=O)C[C@@]2(C)[C@H]1CC[C@@H]1C(O)[C@@H]3C[C@]12CC[C@]3(C)O. The molecule has 4 aliphatic carbocycles. The van der Waals surface area contributed by atoms with Crippen LogP contribution in [0.5, 0.6) is 0 Å². The maximum Gasteiger partial charge on any atom is 0.134 e. The van der Waals surface area contributed by atoms with E-state index in [2.05, 4.69) is 20.8 Å². The van der Waals surface area contributed by atoms with Crippen LogP contribution in [0.2, 0.25) is 0 Å². The van der Waals surface area contributed by atoms with Crippen molar-refractivity contribution in [3.05, 3.63) is 0 Å². The van der Waals surface area contributed by atoms with Crippen molar-refractivity contribution in [2.75, 3.05) is 0 Å². The van der Waals surface area contributed by atoms with Crippen LogP contribution >= 0.6 is 0 Å². The monoisotopic (exact) mass is 320 g/mol. The van der Waals surface area contributed by atoms with E-state index in [0.29, 0.717) is 24.5 Å². The molecule has 0 aromatic heterocycles. The van der Waals surface area contributed by atoms with Gasteiger partial charge in [-0.15, -0.1) is 0 Å². The topological polar surface area (TPSA) is 57.5 Å². The van der Waals surface area contributed by atoms with Gasteiger partial charge in [0.05, 0.1) is 11.7 Å². The van der Waals surface area contributed by atoms with Gasteiger partial charge in [-0.3, -0.25) is 4.79 Å². The summed E-state index contributed by atoms with van der Waals surface area (Å²) in [5.74, 6) is 1.21. The zero-order valence-corrected chi connectivity index (χ0v) is 15.1. The lowest BCUT2D eigenvalue weighted by Gasteiger charge is -2.64. The largest absolute Gasteiger partial charge is 0.392 e. The van der Waals surface area contributed by atoms with Crippen LogP contribution in [-0.4, -0.2) is 27.7 Å². The first-order valence-electron chi connectivity index (χ1n) is 9.46. The number of ketones is 1. The Hall–Kier alpha value is -0.410. The maximum absolute atomic E-state index is 12.6. The zero-order chi connectivity index (χ0) is 16.8. The second kappa shape index (κ2) is 4.40. The molecule has 0 aromatic rings. The summed E-state index contributed by atoms with van der Waals surface area (Å²) >= 11 is 0. The smallest absolute Gasteiger partial charge is 0.134 e. The van der Waals surface area contributed by atoms with Gasteiger partial charge in [0.2, 0.25) is 0 Å². The highest BCUT2D eigenvalue weighted by atomic mass is 16.3. The number of rotatable bonds is 0. The van der Waals surface area contributed by atoms with Crippen molar-refractivity contribution in [2.24, 2.45) is 34.0 Å². The molecule has 4 fully saturated rings. The van der Waals surface area contributed by atoms with Crippen LogP contribution in [0.1, 0.15) is 72.6 Å². The average Bonchev–Trinajstić information content (AvgIpc) is 2.67. The number of aliphatic hydroxyl groups is 2. The second-order valence-corrected chi connectivity index (χ2v) is 10.3. The first-order valence-corrected chi connectivity index (χ1v) is 9.46. The van der Waals surface area contributed by atoms with Crippen LogP contribution in [-0.2, 0) is 4.79 Å². The summed E-state index contributed by atoms with van der Waals surface area (Å²) in [7, 11) is 0. The van der Waals surface area contributed by atoms with Crippen molar-refractivity contribution >= 4 is 5.78 Å². The Balaban J connectivity index is 1.83. The van der Waals surface area contributed by atoms with Crippen molar-refractivity contribution in [2.45, 2.75) is 84.3 Å². The highest BCUT2D eigenvalue weighted by Gasteiger charge is 2.71. The normalized spacial score (nSPS) is 57.7. The predicted molar refractivity (Wildman–Crippen MR) is 88.7 cm³/mol. The molecule has 0 heterocycles. The van der Waals surface area contributed by atoms with Crippen molar-refractivity contribution < 1.29 is 15.0 Å². The fourth-order valence-corrected chi connectivity index (χ4v) is 7.87. The highest BCUT2D eigenvalue weighted by molar-refractivity contribution is 5.81. The Labute approximate surface area is 139 Å². The number of carbonyl (C=O) groups excluding carboxylic acids is 1. The quantitative estimate of drug-likeness (QED) is 0.720. The summed E-state index contributed by atoms with van der Waals surface area (Å²) in [6.45, 7) is 8.79. The van der Waals surface area contributed by atoms with Gasteiger partial charge in [0.15, 0.2) is 0 Å². The lowest BCUT2D eigenvalue weighted by Crippen LogP contribution is -2.60. The molecule has 0 saturated heterocycles. The molecule has 1 spiro atoms. The van der Waals surface area contributed by atoms with Gasteiger partial charge < -0.3 is 10.2 Å². The first kappa shape index (κ1) is 16.1. The minimum absolute atomic E-state index is 0.0129. The number of aliphatic hydroxyl groups excluding tert-OH is 1. The summed E-state index contributed by atoms with van der Waals surface area (Å²) < 4.78 is 0. The zero-order valence-electron chi connectivity index (χ0n) is 15.1. The van der Waals surface area contributed by atoms with Crippen LogP contribution in [0, 0.1) is 34.0 Å². The first-order chi connectivity index (χ1) is 10.5. The third-order valence-corrected chi connectivity index (χ3v) is 8.83. The third-order valence-electron chi connectivity index (χ3n) is 8.83. The molecule has 0 aromatic carbocycles. The van der Waals surface area contributed by atoms with Crippen molar-refractivity contribution in [3.8, 4) is 0 Å². The van der Waals surface area contributed by atoms with E-state index < -0.39 is 11.7 Å². The van der Waals surface area contributed by atoms with E-state index >= 15 is 0 Å². The van der Waals surface area contributed by atoms with Gasteiger partial charge in [0, 0.05) is 18.8 Å². The molecule has 130 valence electrons. The van der Waals surface area contributed by atoms with Crippen molar-refractivity contribution in [1.82, 2.24) is 0 Å². The molecular weight excluding hydrogens is 288 g/mol. The van der Waals surface area contributed by atoms with E-state index in [4.69, 9.17) is 0 Å². The Kier molecular flexibility index (Phi) is 3.08. The molecule has 1 unspecified atom stereocenters. The Morgan fingerprint density at radius 3 is 2.39 bits per heavy atom. The van der Waals surface area contributed by atoms with E-state index in [9.17, 15) is 15.0 Å². The van der Waals surface area contributed by atoms with Crippen molar-refractivity contribution in [1.29, 1.82) is 0 Å². The molecule has 0 aliphatic heterocycles. The van der Waals surface area contributed by atoms with E-state index in [1.54, 1.807) is 0 Å². The van der Waals surface area contributed by atoms with Gasteiger partial charge in [-0.05, 0) is 67.1 Å². The fraction of sp³-hybridized carbons (Fsp3) is 0.950. The molecule has 3 heteroatoms. The van der Waals surface area contributed by atoms with Crippen LogP contribution < -0.4 is 0 Å². The Bertz CT molecular complexity index is 551. The van der Waals surface area contributed by atoms with Gasteiger partial charge >= 0.3 is 0 Å². The van der Waals surface area contributed by atoms with Crippen LogP contribution in [0.25, 0.3) is 0 Å². The second-order valence-electron chi connectivity index (χ2n) is 10.3. The maximum atomic E-state index is 12.6. The molecular formula is C20H32O3. The van der Waals surface area contributed by atoms with Gasteiger partial charge in [-0.2, -0.15) is 0 Å². The Morgan fingerprint density at radius 2 is 1.70 bits per heavy atom. The third kappa shape index (κ3) is 1.81. The minimum Gasteiger partial charge on any atom is -0.392 e. The molecule has 2 bridgehead atoms. The standard InChI is InChI=1S/C20H32O3/c1-17(2)9-12(21)10-18(3)15(17)6-5-13-16(22)14-11-20(13,18)8-7-19(14,4)23/h13-16,22-23H,5-11H2,1-4H3/t13-,14+,15+,16?,18+,19+,20-/m1/s1. The lowest BCUT2D eigenvalue weighted by molar-refractivity contribution is -0.179. The number of fused-ring (bicyclic) bond motifs is 2. The summed E-state index contributed by atoms with van der Waals surface area (Å²) in [6, 6.07) is 0. The average molecular weight is 320 g/mol. The molecule has 2 N–H and O–H groups in total. The molecule has 23 heavy (non-hydrogen) atoms. The number of Topliss-reactive ketones (excluding diaryl/α,β-unsaturated/α-hetero) is 1. The number of hydrogen-bond acceptors (Lipinski definition) is 3. The van der Waals surface area contributed by atoms with E-state index in [1.807, 2.05) is 6.92 Å². The number of hydrogen-bond donors (Lipinski definition) is 2. The minimum atomic E-state index is -0.748. The van der Waals surface area contributed by atoms with Crippen molar-refractivity contribution in [3.63, 3.8) is 0 Å². The summed E-state index contributed by atoms with van der Waals surface area (Å²) in [5, 5.41) is 21.8.